The molecule has 15 rings (SSSR count). The molecule has 11 aromatic rings. The lowest BCUT2D eigenvalue weighted by molar-refractivity contribution is 0.331. The highest BCUT2D eigenvalue weighted by atomic mass is 16.3. The first-order chi connectivity index (χ1) is 34.2. The third kappa shape index (κ3) is 5.34. The Morgan fingerprint density at radius 1 is 0.500 bits per heavy atom. The minimum absolute atomic E-state index is 0.000863. The Morgan fingerprint density at radius 2 is 1.11 bits per heavy atom. The summed E-state index contributed by atoms with van der Waals surface area (Å²) in [6, 6.07) is 49.3. The van der Waals surface area contributed by atoms with E-state index >= 15 is 0 Å². The van der Waals surface area contributed by atoms with Gasteiger partial charge >= 0.3 is 6.85 Å². The van der Waals surface area contributed by atoms with Crippen LogP contribution in [0.4, 0.5) is 11.4 Å². The monoisotopic (exact) mass is 936 g/mol. The molecular weight excluding hydrogens is 876 g/mol. The van der Waals surface area contributed by atoms with Gasteiger partial charge < -0.3 is 18.2 Å². The molecule has 2 aliphatic heterocycles. The van der Waals surface area contributed by atoms with Crippen LogP contribution in [0.15, 0.2) is 136 Å². The van der Waals surface area contributed by atoms with Crippen LogP contribution in [0.5, 0.6) is 0 Å². The summed E-state index contributed by atoms with van der Waals surface area (Å²) in [6.45, 7) is 28.5. The van der Waals surface area contributed by atoms with E-state index in [-0.39, 0.29) is 33.9 Å². The van der Waals surface area contributed by atoms with Crippen molar-refractivity contribution < 1.29 is 8.83 Å². The normalized spacial score (nSPS) is 17.1. The third-order valence-corrected chi connectivity index (χ3v) is 18.3. The second-order valence-electron chi connectivity index (χ2n) is 26.0. The first-order valence-electron chi connectivity index (χ1n) is 26.4. The van der Waals surface area contributed by atoms with Crippen molar-refractivity contribution in [1.82, 2.24) is 4.57 Å². The van der Waals surface area contributed by atoms with E-state index in [9.17, 15) is 0 Å². The Labute approximate surface area is 422 Å². The van der Waals surface area contributed by atoms with Crippen molar-refractivity contribution in [3.05, 3.63) is 161 Å². The summed E-state index contributed by atoms with van der Waals surface area (Å²) in [5, 5.41) is 7.03. The van der Waals surface area contributed by atoms with Gasteiger partial charge in [-0.2, -0.15) is 0 Å². The molecule has 5 heteroatoms. The summed E-state index contributed by atoms with van der Waals surface area (Å²) in [5.74, 6) is 0. The van der Waals surface area contributed by atoms with E-state index in [1.54, 1.807) is 0 Å². The fraction of sp³-hybridized carbons (Fsp3) is 0.284. The molecule has 0 radical (unpaired) electrons. The summed E-state index contributed by atoms with van der Waals surface area (Å²) in [5.41, 5.74) is 25.9. The van der Waals surface area contributed by atoms with Crippen molar-refractivity contribution in [3.63, 3.8) is 0 Å². The van der Waals surface area contributed by atoms with E-state index in [4.69, 9.17) is 8.83 Å². The molecule has 0 saturated carbocycles. The number of hydrogen-bond donors (Lipinski definition) is 0. The van der Waals surface area contributed by atoms with Crippen LogP contribution < -0.4 is 15.7 Å². The van der Waals surface area contributed by atoms with Crippen LogP contribution in [0.25, 0.3) is 93.6 Å². The number of benzene rings is 8. The van der Waals surface area contributed by atoms with E-state index in [0.717, 1.165) is 44.2 Å². The van der Waals surface area contributed by atoms with Crippen LogP contribution in [0.3, 0.4) is 0 Å². The number of para-hydroxylation sites is 2. The van der Waals surface area contributed by atoms with Gasteiger partial charge in [-0.1, -0.05) is 150 Å². The van der Waals surface area contributed by atoms with Gasteiger partial charge in [0.05, 0.1) is 16.4 Å². The van der Waals surface area contributed by atoms with Crippen molar-refractivity contribution in [2.45, 2.75) is 123 Å². The lowest BCUT2D eigenvalue weighted by atomic mass is 9.43. The van der Waals surface area contributed by atoms with Crippen LogP contribution in [0, 0.1) is 0 Å². The smallest absolute Gasteiger partial charge is 0.333 e. The molecule has 0 fully saturated rings. The highest BCUT2D eigenvalue weighted by molar-refractivity contribution is 6.94. The number of rotatable bonds is 1. The third-order valence-electron chi connectivity index (χ3n) is 18.3. The molecule has 3 aromatic heterocycles. The highest BCUT2D eigenvalue weighted by Gasteiger charge is 2.49. The molecule has 0 spiro atoms. The number of furan rings is 2. The molecule has 0 bridgehead atoms. The first-order valence-corrected chi connectivity index (χ1v) is 26.4. The average molecular weight is 937 g/mol. The Hall–Kier alpha value is -6.98. The Kier molecular flexibility index (Phi) is 7.91. The first kappa shape index (κ1) is 42.7. The maximum atomic E-state index is 7.34. The van der Waals surface area contributed by atoms with Crippen molar-refractivity contribution in [2.24, 2.45) is 0 Å². The van der Waals surface area contributed by atoms with Crippen LogP contribution >= 0.6 is 0 Å². The van der Waals surface area contributed by atoms with E-state index in [1.165, 1.54) is 118 Å². The van der Waals surface area contributed by atoms with E-state index in [0.29, 0.717) is 0 Å². The molecule has 0 unspecified atom stereocenters. The lowest BCUT2D eigenvalue weighted by Gasteiger charge is -2.43. The second kappa shape index (κ2) is 13.3. The van der Waals surface area contributed by atoms with Gasteiger partial charge in [0.1, 0.15) is 22.3 Å². The summed E-state index contributed by atoms with van der Waals surface area (Å²) in [7, 11) is 0. The van der Waals surface area contributed by atoms with Crippen LogP contribution in [0.2, 0.25) is 0 Å². The van der Waals surface area contributed by atoms with Crippen molar-refractivity contribution >= 4 is 94.8 Å². The van der Waals surface area contributed by atoms with Gasteiger partial charge in [0, 0.05) is 61.0 Å². The molecule has 0 amide bonds. The van der Waals surface area contributed by atoms with Crippen molar-refractivity contribution in [2.75, 3.05) is 4.81 Å². The van der Waals surface area contributed by atoms with Gasteiger partial charge in [-0.3, -0.25) is 0 Å². The zero-order valence-corrected chi connectivity index (χ0v) is 43.8. The fourth-order valence-electron chi connectivity index (χ4n) is 14.2. The lowest BCUT2D eigenvalue weighted by Crippen LogP contribution is -2.60. The number of anilines is 2. The number of nitrogens with zero attached hydrogens (tertiary/aromatic N) is 2. The van der Waals surface area contributed by atoms with Gasteiger partial charge in [0.2, 0.25) is 0 Å². The highest BCUT2D eigenvalue weighted by Crippen LogP contribution is 2.59. The van der Waals surface area contributed by atoms with Crippen LogP contribution in [0.1, 0.15) is 129 Å². The van der Waals surface area contributed by atoms with Crippen molar-refractivity contribution in [1.29, 1.82) is 0 Å². The van der Waals surface area contributed by atoms with Crippen LogP contribution in [-0.4, -0.2) is 11.4 Å². The zero-order valence-electron chi connectivity index (χ0n) is 43.8. The largest absolute Gasteiger partial charge is 0.456 e. The average Bonchev–Trinajstić information content (AvgIpc) is 4.07. The fourth-order valence-corrected chi connectivity index (χ4v) is 14.2. The number of hydrogen-bond acceptors (Lipinski definition) is 3. The number of aromatic nitrogens is 1. The molecule has 4 aliphatic rings. The van der Waals surface area contributed by atoms with E-state index < -0.39 is 0 Å². The van der Waals surface area contributed by atoms with E-state index in [1.807, 2.05) is 0 Å². The molecule has 8 aromatic carbocycles. The zero-order chi connectivity index (χ0) is 49.5. The van der Waals surface area contributed by atoms with E-state index in [2.05, 4.69) is 220 Å². The Morgan fingerprint density at radius 3 is 1.82 bits per heavy atom. The Bertz CT molecular complexity index is 4270. The Balaban J connectivity index is 1.15. The standard InChI is InChI=1S/C67H61BN2O2/c1-63(2,3)36-21-24-38(25-22-36)70-52-33-42-41-30-48-49(66(9,10)28-27-65(48,7)8)34-47(41)67(11,12)46(42)31-45(52)57-58-40-18-14-16-20-55(40)72-62(58)59-44-29-37(64(4,5)6)23-26-51(44)69-53-35-56-43(39-17-13-15-19-54(39)71-56)32-50(53)68(70)60(57)61(59)69/h13-26,29-35H,27-28H2,1-12H3. The van der Waals surface area contributed by atoms with Gasteiger partial charge in [0.25, 0.3) is 0 Å². The molecule has 72 heavy (non-hydrogen) atoms. The van der Waals surface area contributed by atoms with Crippen LogP contribution in [-0.2, 0) is 27.1 Å². The minimum atomic E-state index is -0.236. The summed E-state index contributed by atoms with van der Waals surface area (Å²) in [6.07, 6.45) is 2.37. The van der Waals surface area contributed by atoms with Gasteiger partial charge in [0.15, 0.2) is 0 Å². The predicted molar refractivity (Wildman–Crippen MR) is 305 cm³/mol. The molecule has 4 nitrogen and oxygen atoms in total. The SMILES string of the molecule is CC(C)(C)c1ccc(N2B3c4cc5c(cc4-n4c6ccc(C(C)(C)C)cc6c6c7oc8ccccc8c7c(c3c64)-c3cc4c(cc32)-c2cc3c(cc2C4(C)C)C(C)(C)CCC3(C)C)oc2ccccc25)cc1. The van der Waals surface area contributed by atoms with Crippen molar-refractivity contribution in [3.8, 4) is 27.9 Å². The molecule has 0 N–H and O–H groups in total. The topological polar surface area (TPSA) is 34.5 Å². The number of fused-ring (bicyclic) bond motifs is 20. The quantitative estimate of drug-likeness (QED) is 0.154. The maximum Gasteiger partial charge on any atom is 0.333 e. The summed E-state index contributed by atoms with van der Waals surface area (Å²) >= 11 is 0. The van der Waals surface area contributed by atoms with Gasteiger partial charge in [-0.05, 0) is 150 Å². The summed E-state index contributed by atoms with van der Waals surface area (Å²) in [4.78, 5) is 2.73. The predicted octanol–water partition coefficient (Wildman–Crippen LogP) is 17.1. The molecular formula is C67H61BN2O2. The molecule has 0 saturated heterocycles. The van der Waals surface area contributed by atoms with Gasteiger partial charge in [-0.25, -0.2) is 0 Å². The maximum absolute atomic E-state index is 7.34. The second-order valence-corrected chi connectivity index (χ2v) is 26.0. The molecule has 5 heterocycles. The summed E-state index contributed by atoms with van der Waals surface area (Å²) < 4.78 is 16.7. The molecule has 0 atom stereocenters. The molecule has 354 valence electrons. The minimum Gasteiger partial charge on any atom is -0.456 e. The van der Waals surface area contributed by atoms with Gasteiger partial charge in [-0.15, -0.1) is 0 Å². The molecule has 2 aliphatic carbocycles.